The molecule has 0 unspecified atom stereocenters. The second-order valence-electron chi connectivity index (χ2n) is 5.15. The van der Waals surface area contributed by atoms with Gasteiger partial charge in [-0.05, 0) is 24.3 Å². The fraction of sp³-hybridized carbons (Fsp3) is 0.0625. The fourth-order valence-corrected chi connectivity index (χ4v) is 2.55. The zero-order chi connectivity index (χ0) is 16.0. The normalized spacial score (nSPS) is 11.2. The quantitative estimate of drug-likeness (QED) is 0.553. The van der Waals surface area contributed by atoms with E-state index in [1.54, 1.807) is 37.6 Å². The number of pyridine rings is 2. The van der Waals surface area contributed by atoms with Crippen LogP contribution in [0, 0.1) is 0 Å². The maximum atomic E-state index is 11.8. The number of nitrogen functional groups attached to an aromatic ring is 1. The van der Waals surface area contributed by atoms with Crippen molar-refractivity contribution in [1.29, 1.82) is 0 Å². The highest BCUT2D eigenvalue weighted by molar-refractivity contribution is 5.94. The number of benzene rings is 1. The number of H-pyrrole nitrogens is 1. The zero-order valence-corrected chi connectivity index (χ0v) is 12.3. The van der Waals surface area contributed by atoms with E-state index in [1.165, 1.54) is 4.57 Å². The molecule has 3 heterocycles. The summed E-state index contributed by atoms with van der Waals surface area (Å²) < 4.78 is 7.44. The monoisotopic (exact) mass is 307 g/mol. The van der Waals surface area contributed by atoms with Gasteiger partial charge in [-0.25, -0.2) is 9.78 Å². The van der Waals surface area contributed by atoms with Gasteiger partial charge in [-0.15, -0.1) is 0 Å². The van der Waals surface area contributed by atoms with Crippen LogP contribution in [0.25, 0.3) is 22.1 Å². The first-order chi connectivity index (χ1) is 11.1. The van der Waals surface area contributed by atoms with E-state index in [1.807, 2.05) is 12.1 Å². The van der Waals surface area contributed by atoms with Crippen LogP contribution < -0.4 is 16.2 Å². The number of ether oxygens (including phenoxy) is 1. The Labute approximate surface area is 130 Å². The van der Waals surface area contributed by atoms with Gasteiger partial charge in [-0.3, -0.25) is 9.55 Å². The number of aryl methyl sites for hydroxylation is 1. The Morgan fingerprint density at radius 3 is 2.87 bits per heavy atom. The van der Waals surface area contributed by atoms with Crippen molar-refractivity contribution in [2.45, 2.75) is 0 Å². The van der Waals surface area contributed by atoms with Crippen LogP contribution in [0.15, 0.2) is 47.5 Å². The van der Waals surface area contributed by atoms with Crippen LogP contribution >= 0.6 is 0 Å². The van der Waals surface area contributed by atoms with Gasteiger partial charge in [-0.1, -0.05) is 0 Å². The maximum Gasteiger partial charge on any atom is 0.327 e. The lowest BCUT2D eigenvalue weighted by atomic mass is 10.2. The first-order valence-corrected chi connectivity index (χ1v) is 7.00. The van der Waals surface area contributed by atoms with E-state index in [0.29, 0.717) is 33.9 Å². The highest BCUT2D eigenvalue weighted by atomic mass is 16.5. The van der Waals surface area contributed by atoms with Gasteiger partial charge in [0.05, 0.1) is 11.2 Å². The van der Waals surface area contributed by atoms with Crippen LogP contribution in [0.2, 0.25) is 0 Å². The Hall–Kier alpha value is -3.35. The summed E-state index contributed by atoms with van der Waals surface area (Å²) in [5.74, 6) is 1.13. The second-order valence-corrected chi connectivity index (χ2v) is 5.15. The van der Waals surface area contributed by atoms with Crippen LogP contribution in [0.3, 0.4) is 0 Å². The van der Waals surface area contributed by atoms with Crippen molar-refractivity contribution in [3.05, 3.63) is 53.2 Å². The molecule has 7 nitrogen and oxygen atoms in total. The lowest BCUT2D eigenvalue weighted by Crippen LogP contribution is -2.12. The molecule has 0 fully saturated rings. The molecule has 7 heteroatoms. The van der Waals surface area contributed by atoms with Crippen molar-refractivity contribution < 1.29 is 4.74 Å². The van der Waals surface area contributed by atoms with Crippen molar-refractivity contribution in [3.63, 3.8) is 0 Å². The predicted molar refractivity (Wildman–Crippen MR) is 87.6 cm³/mol. The van der Waals surface area contributed by atoms with Crippen LogP contribution in [-0.4, -0.2) is 19.5 Å². The topological polar surface area (TPSA) is 98.8 Å². The molecule has 3 N–H and O–H groups in total. The Kier molecular flexibility index (Phi) is 2.80. The molecule has 0 saturated carbocycles. The highest BCUT2D eigenvalue weighted by Crippen LogP contribution is 2.33. The summed E-state index contributed by atoms with van der Waals surface area (Å²) in [4.78, 5) is 23.0. The van der Waals surface area contributed by atoms with E-state index in [2.05, 4.69) is 15.0 Å². The molecule has 0 bridgehead atoms. The first kappa shape index (κ1) is 13.3. The smallest absolute Gasteiger partial charge is 0.327 e. The average molecular weight is 307 g/mol. The minimum absolute atomic E-state index is 0.243. The Morgan fingerprint density at radius 2 is 2.00 bits per heavy atom. The van der Waals surface area contributed by atoms with Gasteiger partial charge >= 0.3 is 5.69 Å². The molecule has 0 spiro atoms. The third kappa shape index (κ3) is 2.02. The number of nitrogens with two attached hydrogens (primary N) is 1. The van der Waals surface area contributed by atoms with Gasteiger partial charge in [0.25, 0.3) is 0 Å². The van der Waals surface area contributed by atoms with Gasteiger partial charge in [0.1, 0.15) is 11.3 Å². The van der Waals surface area contributed by atoms with Crippen LogP contribution in [0.1, 0.15) is 0 Å². The summed E-state index contributed by atoms with van der Waals surface area (Å²) in [6.07, 6.45) is 3.28. The summed E-state index contributed by atoms with van der Waals surface area (Å²) in [6, 6.07) is 8.95. The molecular weight excluding hydrogens is 294 g/mol. The molecule has 0 atom stereocenters. The molecule has 4 rings (SSSR count). The number of hydrogen-bond acceptors (Lipinski definition) is 5. The molecule has 0 aliphatic rings. The standard InChI is InChI=1S/C16H13N5O2/c1-21-15-14(20-16(21)22)12(6-8-19-15)23-11-5-4-10(17)13-9(11)3-2-7-18-13/h2-8H,17H2,1H3,(H,20,22). The highest BCUT2D eigenvalue weighted by Gasteiger charge is 2.13. The fourth-order valence-electron chi connectivity index (χ4n) is 2.55. The van der Waals surface area contributed by atoms with Crippen molar-refractivity contribution in [1.82, 2.24) is 19.5 Å². The molecule has 23 heavy (non-hydrogen) atoms. The van der Waals surface area contributed by atoms with E-state index >= 15 is 0 Å². The summed E-state index contributed by atoms with van der Waals surface area (Å²) in [7, 11) is 1.65. The zero-order valence-electron chi connectivity index (χ0n) is 12.3. The average Bonchev–Trinajstić information content (AvgIpc) is 2.87. The maximum absolute atomic E-state index is 11.8. The molecule has 0 aliphatic carbocycles. The van der Waals surface area contributed by atoms with Crippen LogP contribution in [0.4, 0.5) is 5.69 Å². The molecule has 0 saturated heterocycles. The van der Waals surface area contributed by atoms with E-state index in [4.69, 9.17) is 10.5 Å². The van der Waals surface area contributed by atoms with E-state index in [0.717, 1.165) is 5.39 Å². The summed E-state index contributed by atoms with van der Waals surface area (Å²) >= 11 is 0. The lowest BCUT2D eigenvalue weighted by molar-refractivity contribution is 0.492. The third-order valence-electron chi connectivity index (χ3n) is 3.73. The number of fused-ring (bicyclic) bond motifs is 2. The Bertz CT molecular complexity index is 1100. The lowest BCUT2D eigenvalue weighted by Gasteiger charge is -2.10. The number of hydrogen-bond donors (Lipinski definition) is 2. The number of nitrogens with zero attached hydrogens (tertiary/aromatic N) is 3. The number of aromatic amines is 1. The molecule has 0 radical (unpaired) electrons. The van der Waals surface area contributed by atoms with Gasteiger partial charge in [0, 0.05) is 30.9 Å². The minimum atomic E-state index is -0.243. The number of anilines is 1. The molecule has 4 aromatic rings. The van der Waals surface area contributed by atoms with Crippen LogP contribution in [0.5, 0.6) is 11.5 Å². The number of nitrogens with one attached hydrogen (secondary N) is 1. The Balaban J connectivity index is 1.91. The summed E-state index contributed by atoms with van der Waals surface area (Å²) in [5.41, 5.74) is 8.05. The van der Waals surface area contributed by atoms with Crippen molar-refractivity contribution >= 4 is 27.8 Å². The number of aromatic nitrogens is 4. The molecule has 0 amide bonds. The van der Waals surface area contributed by atoms with Crippen molar-refractivity contribution in [2.75, 3.05) is 5.73 Å². The van der Waals surface area contributed by atoms with E-state index in [-0.39, 0.29) is 5.69 Å². The second kappa shape index (κ2) is 4.84. The largest absolute Gasteiger partial charge is 0.454 e. The molecule has 114 valence electrons. The van der Waals surface area contributed by atoms with Gasteiger partial charge < -0.3 is 15.5 Å². The summed E-state index contributed by atoms with van der Waals surface area (Å²) in [5, 5.41) is 0.802. The molecule has 0 aliphatic heterocycles. The minimum Gasteiger partial charge on any atom is -0.454 e. The van der Waals surface area contributed by atoms with E-state index in [9.17, 15) is 4.79 Å². The predicted octanol–water partition coefficient (Wildman–Crippen LogP) is 2.18. The van der Waals surface area contributed by atoms with E-state index < -0.39 is 0 Å². The third-order valence-corrected chi connectivity index (χ3v) is 3.73. The van der Waals surface area contributed by atoms with Gasteiger partial charge in [-0.2, -0.15) is 0 Å². The SMILES string of the molecule is Cn1c(=O)[nH]c2c(Oc3ccc(N)c4ncccc34)ccnc21. The summed E-state index contributed by atoms with van der Waals surface area (Å²) in [6.45, 7) is 0. The van der Waals surface area contributed by atoms with Crippen LogP contribution in [-0.2, 0) is 7.05 Å². The molecule has 3 aromatic heterocycles. The molecule has 1 aromatic carbocycles. The van der Waals surface area contributed by atoms with Gasteiger partial charge in [0.15, 0.2) is 11.4 Å². The van der Waals surface area contributed by atoms with Crippen molar-refractivity contribution in [2.24, 2.45) is 7.05 Å². The number of rotatable bonds is 2. The first-order valence-electron chi connectivity index (χ1n) is 7.00. The number of imidazole rings is 1. The Morgan fingerprint density at radius 1 is 1.13 bits per heavy atom. The van der Waals surface area contributed by atoms with Crippen molar-refractivity contribution in [3.8, 4) is 11.5 Å². The molecular formula is C16H13N5O2. The van der Waals surface area contributed by atoms with Gasteiger partial charge in [0.2, 0.25) is 0 Å².